The zero-order chi connectivity index (χ0) is 27.7. The van der Waals surface area contributed by atoms with E-state index < -0.39 is 16.1 Å². The van der Waals surface area contributed by atoms with Crippen molar-refractivity contribution in [2.45, 2.75) is 43.8 Å². The van der Waals surface area contributed by atoms with E-state index in [-0.39, 0.29) is 6.61 Å². The third kappa shape index (κ3) is 8.53. The molecule has 0 saturated carbocycles. The van der Waals surface area contributed by atoms with Gasteiger partial charge in [0.15, 0.2) is 0 Å². The number of rotatable bonds is 13. The molecule has 1 fully saturated rings. The van der Waals surface area contributed by atoms with Gasteiger partial charge in [-0.1, -0.05) is 53.2 Å². The molecule has 0 unspecified atom stereocenters. The van der Waals surface area contributed by atoms with Gasteiger partial charge in [-0.25, -0.2) is 8.42 Å². The van der Waals surface area contributed by atoms with Crippen LogP contribution in [-0.2, 0) is 23.1 Å². The van der Waals surface area contributed by atoms with Gasteiger partial charge in [-0.2, -0.15) is 4.31 Å². The molecular formula is C30H37BrN2O5S. The maximum atomic E-state index is 13.2. The first-order chi connectivity index (χ1) is 18.8. The van der Waals surface area contributed by atoms with Crippen LogP contribution in [-0.4, -0.2) is 56.7 Å². The molecular weight excluding hydrogens is 580 g/mol. The van der Waals surface area contributed by atoms with Gasteiger partial charge in [0.2, 0.25) is 10.0 Å². The van der Waals surface area contributed by atoms with E-state index in [0.717, 1.165) is 40.7 Å². The number of aryl methyl sites for hydroxylation is 1. The number of hydrogen-bond acceptors (Lipinski definition) is 6. The number of nitrogens with zero attached hydrogens (tertiary/aromatic N) is 1. The number of halogens is 1. The first kappa shape index (κ1) is 29.6. The number of piperidine rings is 1. The first-order valence-electron chi connectivity index (χ1n) is 13.4. The molecule has 0 amide bonds. The second kappa shape index (κ2) is 14.3. The summed E-state index contributed by atoms with van der Waals surface area (Å²) < 4.78 is 40.5. The Balaban J connectivity index is 1.14. The minimum absolute atomic E-state index is 0.181. The van der Waals surface area contributed by atoms with Crippen LogP contribution in [0.5, 0.6) is 11.5 Å². The van der Waals surface area contributed by atoms with Gasteiger partial charge in [0, 0.05) is 24.1 Å². The molecule has 1 saturated heterocycles. The van der Waals surface area contributed by atoms with Crippen molar-refractivity contribution in [1.29, 1.82) is 0 Å². The van der Waals surface area contributed by atoms with E-state index in [1.54, 1.807) is 16.4 Å². The normalized spacial score (nSPS) is 15.7. The van der Waals surface area contributed by atoms with Crippen LogP contribution in [0.15, 0.2) is 82.2 Å². The molecule has 3 aromatic rings. The average molecular weight is 618 g/mol. The molecule has 9 heteroatoms. The van der Waals surface area contributed by atoms with Crippen molar-refractivity contribution in [2.75, 3.05) is 32.8 Å². The smallest absolute Gasteiger partial charge is 0.243 e. The average Bonchev–Trinajstić information content (AvgIpc) is 2.96. The largest absolute Gasteiger partial charge is 0.491 e. The van der Waals surface area contributed by atoms with E-state index in [4.69, 9.17) is 9.47 Å². The molecule has 2 N–H and O–H groups in total. The van der Waals surface area contributed by atoms with E-state index in [0.29, 0.717) is 49.2 Å². The van der Waals surface area contributed by atoms with Gasteiger partial charge in [-0.3, -0.25) is 0 Å². The number of aliphatic hydroxyl groups excluding tert-OH is 1. The molecule has 0 radical (unpaired) electrons. The fraction of sp³-hybridized carbons (Fsp3) is 0.400. The molecule has 1 aliphatic heterocycles. The van der Waals surface area contributed by atoms with E-state index in [1.807, 2.05) is 67.6 Å². The highest BCUT2D eigenvalue weighted by Crippen LogP contribution is 2.28. The van der Waals surface area contributed by atoms with Crippen LogP contribution >= 0.6 is 15.9 Å². The van der Waals surface area contributed by atoms with E-state index in [9.17, 15) is 13.5 Å². The number of sulfonamides is 1. The Morgan fingerprint density at radius 2 is 1.67 bits per heavy atom. The molecule has 4 rings (SSSR count). The number of benzene rings is 3. The van der Waals surface area contributed by atoms with Gasteiger partial charge in [0.05, 0.1) is 4.90 Å². The fourth-order valence-corrected chi connectivity index (χ4v) is 6.80. The highest BCUT2D eigenvalue weighted by Gasteiger charge is 2.30. The summed E-state index contributed by atoms with van der Waals surface area (Å²) in [6, 6.07) is 22.7. The number of hydrogen-bond donors (Lipinski definition) is 2. The van der Waals surface area contributed by atoms with Crippen LogP contribution in [0.1, 0.15) is 30.9 Å². The molecule has 0 aliphatic carbocycles. The van der Waals surface area contributed by atoms with Crippen molar-refractivity contribution >= 4 is 26.0 Å². The van der Waals surface area contributed by atoms with Gasteiger partial charge in [-0.05, 0) is 85.3 Å². The van der Waals surface area contributed by atoms with Crippen LogP contribution in [0.3, 0.4) is 0 Å². The molecule has 0 spiro atoms. The lowest BCUT2D eigenvalue weighted by Gasteiger charge is -2.32. The molecule has 1 aliphatic rings. The quantitative estimate of drug-likeness (QED) is 0.280. The topological polar surface area (TPSA) is 88.1 Å². The van der Waals surface area contributed by atoms with Crippen molar-refractivity contribution in [3.8, 4) is 11.5 Å². The van der Waals surface area contributed by atoms with Gasteiger partial charge in [0.25, 0.3) is 0 Å². The minimum atomic E-state index is -3.50. The monoisotopic (exact) mass is 616 g/mol. The zero-order valence-corrected chi connectivity index (χ0v) is 24.7. The molecule has 210 valence electrons. The van der Waals surface area contributed by atoms with Crippen molar-refractivity contribution in [3.05, 3.63) is 88.4 Å². The first-order valence-corrected chi connectivity index (χ1v) is 15.7. The summed E-state index contributed by atoms with van der Waals surface area (Å²) in [6.07, 6.45) is 1.59. The van der Waals surface area contributed by atoms with E-state index in [1.165, 1.54) is 0 Å². The van der Waals surface area contributed by atoms with Gasteiger partial charge < -0.3 is 19.9 Å². The van der Waals surface area contributed by atoms with Crippen LogP contribution in [0.4, 0.5) is 0 Å². The second-order valence-corrected chi connectivity index (χ2v) is 12.6. The van der Waals surface area contributed by atoms with E-state index >= 15 is 0 Å². The third-order valence-electron chi connectivity index (χ3n) is 6.92. The Morgan fingerprint density at radius 1 is 1.00 bits per heavy atom. The summed E-state index contributed by atoms with van der Waals surface area (Å²) in [6.45, 7) is 4.81. The highest BCUT2D eigenvalue weighted by atomic mass is 79.9. The lowest BCUT2D eigenvalue weighted by atomic mass is 9.98. The Labute approximate surface area is 240 Å². The molecule has 7 nitrogen and oxygen atoms in total. The number of ether oxygens (including phenoxy) is 2. The Hall–Kier alpha value is -2.43. The van der Waals surface area contributed by atoms with Crippen molar-refractivity contribution in [2.24, 2.45) is 5.92 Å². The van der Waals surface area contributed by atoms with Gasteiger partial charge in [0.1, 0.15) is 30.8 Å². The number of nitrogens with one attached hydrogen (secondary N) is 1. The van der Waals surface area contributed by atoms with Crippen LogP contribution in [0, 0.1) is 5.92 Å². The summed E-state index contributed by atoms with van der Waals surface area (Å²) in [7, 11) is -3.50. The summed E-state index contributed by atoms with van der Waals surface area (Å²) >= 11 is 3.43. The molecule has 0 aromatic heterocycles. The molecule has 1 atom stereocenters. The zero-order valence-electron chi connectivity index (χ0n) is 22.3. The lowest BCUT2D eigenvalue weighted by Crippen LogP contribution is -2.42. The third-order valence-corrected chi connectivity index (χ3v) is 9.41. The maximum Gasteiger partial charge on any atom is 0.243 e. The Kier molecular flexibility index (Phi) is 10.8. The van der Waals surface area contributed by atoms with E-state index in [2.05, 4.69) is 21.2 Å². The SMILES string of the molecule is CCc1cc(Br)ccc1S(=O)(=O)N1CCC(CNC[C@H](O)COc2ccc(OCc3ccccc3)cc2)CC1. The van der Waals surface area contributed by atoms with Crippen molar-refractivity contribution in [3.63, 3.8) is 0 Å². The molecule has 3 aromatic carbocycles. The molecule has 0 bridgehead atoms. The lowest BCUT2D eigenvalue weighted by molar-refractivity contribution is 0.104. The Bertz CT molecular complexity index is 1280. The summed E-state index contributed by atoms with van der Waals surface area (Å²) in [5.74, 6) is 1.80. The predicted molar refractivity (Wildman–Crippen MR) is 157 cm³/mol. The van der Waals surface area contributed by atoms with Crippen molar-refractivity contribution < 1.29 is 23.0 Å². The highest BCUT2D eigenvalue weighted by molar-refractivity contribution is 9.10. The summed E-state index contributed by atoms with van der Waals surface area (Å²) in [5, 5.41) is 13.7. The van der Waals surface area contributed by atoms with Crippen LogP contribution in [0.2, 0.25) is 0 Å². The fourth-order valence-electron chi connectivity index (χ4n) is 4.65. The maximum absolute atomic E-state index is 13.2. The summed E-state index contributed by atoms with van der Waals surface area (Å²) in [5.41, 5.74) is 1.94. The predicted octanol–water partition coefficient (Wildman–Crippen LogP) is 5.02. The summed E-state index contributed by atoms with van der Waals surface area (Å²) in [4.78, 5) is 0.405. The molecule has 1 heterocycles. The standard InChI is InChI=1S/C30H37BrN2O5S/c1-2-25-18-26(31)8-13-30(25)39(35,36)33-16-14-23(15-17-33)19-32-20-27(34)22-38-29-11-9-28(10-12-29)37-21-24-6-4-3-5-7-24/h3-13,18,23,27,32,34H,2,14-17,19-22H2,1H3/t27-/m0/s1. The second-order valence-electron chi connectivity index (χ2n) is 9.82. The van der Waals surface area contributed by atoms with Gasteiger partial charge >= 0.3 is 0 Å². The minimum Gasteiger partial charge on any atom is -0.491 e. The Morgan fingerprint density at radius 3 is 2.33 bits per heavy atom. The molecule has 39 heavy (non-hydrogen) atoms. The van der Waals surface area contributed by atoms with Crippen LogP contribution in [0.25, 0.3) is 0 Å². The van der Waals surface area contributed by atoms with Gasteiger partial charge in [-0.15, -0.1) is 0 Å². The van der Waals surface area contributed by atoms with Crippen LogP contribution < -0.4 is 14.8 Å². The number of aliphatic hydroxyl groups is 1. The van der Waals surface area contributed by atoms with Crippen molar-refractivity contribution in [1.82, 2.24) is 9.62 Å².